The van der Waals surface area contributed by atoms with E-state index in [-0.39, 0.29) is 19.0 Å². The molecule has 0 aromatic heterocycles. The van der Waals surface area contributed by atoms with Crippen molar-refractivity contribution in [2.75, 3.05) is 39.9 Å². The predicted molar refractivity (Wildman–Crippen MR) is 71.0 cm³/mol. The minimum atomic E-state index is -0.858. The summed E-state index contributed by atoms with van der Waals surface area (Å²) in [4.78, 5) is 26.5. The lowest BCUT2D eigenvalue weighted by molar-refractivity contribution is -0.143. The number of carbonyl (C=O) groups excluding carboxylic acids is 1. The van der Waals surface area contributed by atoms with E-state index in [0.717, 1.165) is 0 Å². The van der Waals surface area contributed by atoms with E-state index < -0.39 is 11.9 Å². The van der Waals surface area contributed by atoms with E-state index in [2.05, 4.69) is 0 Å². The molecule has 1 fully saturated rings. The number of piperidine rings is 1. The van der Waals surface area contributed by atoms with Crippen LogP contribution in [-0.2, 0) is 9.53 Å². The molecule has 1 rings (SSSR count). The number of hydrogen-bond acceptors (Lipinski definition) is 4. The molecule has 0 aromatic carbocycles. The second-order valence-electron chi connectivity index (χ2n) is 4.79. The van der Waals surface area contributed by atoms with Crippen LogP contribution in [-0.4, -0.2) is 66.8 Å². The minimum Gasteiger partial charge on any atom is -0.481 e. The van der Waals surface area contributed by atoms with E-state index in [1.807, 2.05) is 6.07 Å². The van der Waals surface area contributed by atoms with Gasteiger partial charge in [-0.05, 0) is 12.8 Å². The van der Waals surface area contributed by atoms with Crippen LogP contribution < -0.4 is 0 Å². The highest BCUT2D eigenvalue weighted by atomic mass is 16.5. The van der Waals surface area contributed by atoms with Gasteiger partial charge in [0.25, 0.3) is 0 Å². The van der Waals surface area contributed by atoms with Gasteiger partial charge in [0.15, 0.2) is 0 Å². The second kappa shape index (κ2) is 8.38. The van der Waals surface area contributed by atoms with E-state index in [9.17, 15) is 9.59 Å². The normalized spacial score (nSPS) is 18.4. The first-order valence-electron chi connectivity index (χ1n) is 6.72. The van der Waals surface area contributed by atoms with Crippen molar-refractivity contribution in [1.29, 1.82) is 5.26 Å². The molecule has 0 unspecified atom stereocenters. The molecule has 1 heterocycles. The molecule has 0 saturated carbocycles. The summed E-state index contributed by atoms with van der Waals surface area (Å²) in [5, 5.41) is 17.7. The third kappa shape index (κ3) is 4.70. The molecule has 1 saturated heterocycles. The Balaban J connectivity index is 2.62. The molecule has 1 N–H and O–H groups in total. The van der Waals surface area contributed by atoms with E-state index >= 15 is 0 Å². The van der Waals surface area contributed by atoms with Gasteiger partial charge in [-0.25, -0.2) is 4.79 Å². The molecule has 0 spiro atoms. The number of rotatable bonds is 6. The Morgan fingerprint density at radius 2 is 2.25 bits per heavy atom. The summed E-state index contributed by atoms with van der Waals surface area (Å²) in [7, 11) is 1.55. The predicted octanol–water partition coefficient (Wildman–Crippen LogP) is 0.765. The molecule has 1 aliphatic rings. The first-order chi connectivity index (χ1) is 9.60. The first kappa shape index (κ1) is 16.2. The van der Waals surface area contributed by atoms with Crippen LogP contribution in [0.25, 0.3) is 0 Å². The number of carboxylic acids is 1. The van der Waals surface area contributed by atoms with Gasteiger partial charge in [0, 0.05) is 33.3 Å². The summed E-state index contributed by atoms with van der Waals surface area (Å²) in [6.45, 7) is 1.95. The van der Waals surface area contributed by atoms with Gasteiger partial charge < -0.3 is 19.6 Å². The van der Waals surface area contributed by atoms with Crippen LogP contribution in [0.2, 0.25) is 0 Å². The zero-order valence-corrected chi connectivity index (χ0v) is 11.7. The second-order valence-corrected chi connectivity index (χ2v) is 4.79. The smallest absolute Gasteiger partial charge is 0.320 e. The lowest BCUT2D eigenvalue weighted by Crippen LogP contribution is -2.49. The van der Waals surface area contributed by atoms with Crippen molar-refractivity contribution in [1.82, 2.24) is 9.80 Å². The Bertz CT molecular complexity index is 380. The summed E-state index contributed by atoms with van der Waals surface area (Å²) >= 11 is 0. The Morgan fingerprint density at radius 3 is 2.85 bits per heavy atom. The van der Waals surface area contributed by atoms with Gasteiger partial charge >= 0.3 is 12.0 Å². The lowest BCUT2D eigenvalue weighted by atomic mass is 9.98. The molecule has 0 radical (unpaired) electrons. The highest BCUT2D eigenvalue weighted by molar-refractivity contribution is 5.76. The molecule has 0 aromatic rings. The largest absolute Gasteiger partial charge is 0.481 e. The van der Waals surface area contributed by atoms with Crippen LogP contribution >= 0.6 is 0 Å². The molecule has 20 heavy (non-hydrogen) atoms. The number of nitrogens with zero attached hydrogens (tertiary/aromatic N) is 3. The zero-order valence-electron chi connectivity index (χ0n) is 11.7. The van der Waals surface area contributed by atoms with Crippen LogP contribution in [0.3, 0.4) is 0 Å². The molecule has 1 atom stereocenters. The van der Waals surface area contributed by atoms with Crippen LogP contribution in [0.4, 0.5) is 4.79 Å². The first-order valence-corrected chi connectivity index (χ1v) is 6.72. The number of amides is 2. The number of carbonyl (C=O) groups is 2. The maximum absolute atomic E-state index is 12.4. The molecule has 0 bridgehead atoms. The highest BCUT2D eigenvalue weighted by Crippen LogP contribution is 2.18. The quantitative estimate of drug-likeness (QED) is 0.777. The fourth-order valence-corrected chi connectivity index (χ4v) is 2.24. The van der Waals surface area contributed by atoms with Crippen molar-refractivity contribution in [2.24, 2.45) is 5.92 Å². The van der Waals surface area contributed by atoms with Crippen LogP contribution in [0.1, 0.15) is 19.3 Å². The van der Waals surface area contributed by atoms with Crippen molar-refractivity contribution in [3.63, 3.8) is 0 Å². The number of ether oxygens (including phenoxy) is 1. The van der Waals surface area contributed by atoms with Gasteiger partial charge in [-0.1, -0.05) is 0 Å². The lowest BCUT2D eigenvalue weighted by Gasteiger charge is -2.35. The van der Waals surface area contributed by atoms with Crippen molar-refractivity contribution in [2.45, 2.75) is 19.3 Å². The molecule has 2 amide bonds. The third-order valence-electron chi connectivity index (χ3n) is 3.37. The summed E-state index contributed by atoms with van der Waals surface area (Å²) in [6, 6.07) is 1.81. The number of urea groups is 1. The maximum atomic E-state index is 12.4. The van der Waals surface area contributed by atoms with E-state index in [1.54, 1.807) is 16.9 Å². The number of hydrogen-bond donors (Lipinski definition) is 1. The zero-order chi connectivity index (χ0) is 15.0. The summed E-state index contributed by atoms with van der Waals surface area (Å²) < 4.78 is 4.96. The van der Waals surface area contributed by atoms with E-state index in [4.69, 9.17) is 15.1 Å². The van der Waals surface area contributed by atoms with Gasteiger partial charge in [-0.3, -0.25) is 4.79 Å². The summed E-state index contributed by atoms with van der Waals surface area (Å²) in [6.07, 6.45) is 1.56. The molecule has 7 nitrogen and oxygen atoms in total. The van der Waals surface area contributed by atoms with E-state index in [0.29, 0.717) is 39.1 Å². The average Bonchev–Trinajstić information content (AvgIpc) is 2.47. The SMILES string of the molecule is COCCN(CCC#N)C(=O)N1CCC[C@H](C(=O)O)C1. The Kier molecular flexibility index (Phi) is 6.81. The van der Waals surface area contributed by atoms with Gasteiger partial charge in [0.2, 0.25) is 0 Å². The summed E-state index contributed by atoms with van der Waals surface area (Å²) in [5.41, 5.74) is 0. The molecule has 7 heteroatoms. The average molecular weight is 283 g/mol. The highest BCUT2D eigenvalue weighted by Gasteiger charge is 2.30. The Morgan fingerprint density at radius 1 is 1.50 bits per heavy atom. The number of likely N-dealkylation sites (tertiary alicyclic amines) is 1. The molecule has 112 valence electrons. The number of aliphatic carboxylic acids is 1. The fraction of sp³-hybridized carbons (Fsp3) is 0.769. The molecule has 1 aliphatic heterocycles. The minimum absolute atomic E-state index is 0.205. The van der Waals surface area contributed by atoms with Gasteiger partial charge in [-0.15, -0.1) is 0 Å². The molecule has 0 aliphatic carbocycles. The summed E-state index contributed by atoms with van der Waals surface area (Å²) in [5.74, 6) is -1.35. The van der Waals surface area contributed by atoms with Crippen LogP contribution in [0.5, 0.6) is 0 Å². The van der Waals surface area contributed by atoms with Crippen molar-refractivity contribution in [3.8, 4) is 6.07 Å². The van der Waals surface area contributed by atoms with Gasteiger partial charge in [-0.2, -0.15) is 5.26 Å². The fourth-order valence-electron chi connectivity index (χ4n) is 2.24. The van der Waals surface area contributed by atoms with Gasteiger partial charge in [0.1, 0.15) is 0 Å². The third-order valence-corrected chi connectivity index (χ3v) is 3.37. The standard InChI is InChI=1S/C13H21N3O4/c1-20-9-8-15(7-3-5-14)13(19)16-6-2-4-11(10-16)12(17)18/h11H,2-4,6-10H2,1H3,(H,17,18)/t11-/m0/s1. The van der Waals surface area contributed by atoms with Gasteiger partial charge in [0.05, 0.1) is 25.0 Å². The van der Waals surface area contributed by atoms with E-state index in [1.165, 1.54) is 0 Å². The monoisotopic (exact) mass is 283 g/mol. The Hall–Kier alpha value is -1.81. The molecular formula is C13H21N3O4. The van der Waals surface area contributed by atoms with Crippen molar-refractivity contribution >= 4 is 12.0 Å². The molecular weight excluding hydrogens is 262 g/mol. The van der Waals surface area contributed by atoms with Crippen LogP contribution in [0.15, 0.2) is 0 Å². The van der Waals surface area contributed by atoms with Crippen LogP contribution in [0, 0.1) is 17.2 Å². The van der Waals surface area contributed by atoms with Crippen molar-refractivity contribution in [3.05, 3.63) is 0 Å². The number of carboxylic acid groups (broad SMARTS) is 1. The number of methoxy groups -OCH3 is 1. The topological polar surface area (TPSA) is 93.9 Å². The number of nitriles is 1. The van der Waals surface area contributed by atoms with Crippen molar-refractivity contribution < 1.29 is 19.4 Å². The maximum Gasteiger partial charge on any atom is 0.320 e. The Labute approximate surface area is 118 Å².